The molecule has 0 saturated carbocycles. The van der Waals surface area contributed by atoms with Gasteiger partial charge in [-0.15, -0.1) is 0 Å². The van der Waals surface area contributed by atoms with Crippen molar-refractivity contribution in [1.82, 2.24) is 15.0 Å². The molecule has 3 aromatic carbocycles. The Bertz CT molecular complexity index is 1360. The highest BCUT2D eigenvalue weighted by Gasteiger charge is 2.13. The van der Waals surface area contributed by atoms with Gasteiger partial charge in [0, 0.05) is 23.7 Å². The zero-order chi connectivity index (χ0) is 21.0. The molecular formula is C25H19N3O3. The van der Waals surface area contributed by atoms with Crippen LogP contribution in [0, 0.1) is 0 Å². The van der Waals surface area contributed by atoms with E-state index in [4.69, 9.17) is 14.2 Å². The lowest BCUT2D eigenvalue weighted by Crippen LogP contribution is -1.99. The van der Waals surface area contributed by atoms with Gasteiger partial charge in [-0.3, -0.25) is 4.98 Å². The fourth-order valence-electron chi connectivity index (χ4n) is 3.35. The average molecular weight is 409 g/mol. The minimum absolute atomic E-state index is 0.432. The lowest BCUT2D eigenvalue weighted by Gasteiger charge is -2.13. The molecule has 6 heteroatoms. The Labute approximate surface area is 179 Å². The molecule has 0 saturated heterocycles. The van der Waals surface area contributed by atoms with Crippen molar-refractivity contribution in [3.8, 4) is 23.1 Å². The smallest absolute Gasteiger partial charge is 0.230 e. The molecular weight excluding hydrogens is 390 g/mol. The largest absolute Gasteiger partial charge is 0.493 e. The van der Waals surface area contributed by atoms with E-state index in [0.717, 1.165) is 21.9 Å². The van der Waals surface area contributed by atoms with E-state index in [9.17, 15) is 0 Å². The van der Waals surface area contributed by atoms with Gasteiger partial charge in [0.05, 0.1) is 23.5 Å². The van der Waals surface area contributed by atoms with Gasteiger partial charge in [-0.2, -0.15) is 0 Å². The summed E-state index contributed by atoms with van der Waals surface area (Å²) >= 11 is 0. The normalized spacial score (nSPS) is 10.9. The number of methoxy groups -OCH3 is 1. The van der Waals surface area contributed by atoms with E-state index < -0.39 is 0 Å². The Morgan fingerprint density at radius 3 is 2.55 bits per heavy atom. The lowest BCUT2D eigenvalue weighted by molar-refractivity contribution is 0.285. The Morgan fingerprint density at radius 1 is 0.774 bits per heavy atom. The minimum Gasteiger partial charge on any atom is -0.493 e. The van der Waals surface area contributed by atoms with Crippen LogP contribution in [0.1, 0.15) is 5.56 Å². The van der Waals surface area contributed by atoms with Crippen molar-refractivity contribution in [2.24, 2.45) is 0 Å². The van der Waals surface area contributed by atoms with E-state index in [1.165, 1.54) is 6.33 Å². The van der Waals surface area contributed by atoms with Gasteiger partial charge in [-0.05, 0) is 29.8 Å². The summed E-state index contributed by atoms with van der Waals surface area (Å²) in [4.78, 5) is 13.1. The summed E-state index contributed by atoms with van der Waals surface area (Å²) < 4.78 is 17.6. The number of benzene rings is 3. The third kappa shape index (κ3) is 3.96. The van der Waals surface area contributed by atoms with Gasteiger partial charge in [0.25, 0.3) is 0 Å². The van der Waals surface area contributed by atoms with E-state index in [2.05, 4.69) is 15.0 Å². The van der Waals surface area contributed by atoms with E-state index >= 15 is 0 Å². The van der Waals surface area contributed by atoms with Crippen LogP contribution in [0.2, 0.25) is 0 Å². The highest BCUT2D eigenvalue weighted by atomic mass is 16.5. The number of rotatable bonds is 6. The van der Waals surface area contributed by atoms with Crippen LogP contribution < -0.4 is 14.2 Å². The first-order valence-corrected chi connectivity index (χ1v) is 9.82. The maximum atomic E-state index is 6.08. The van der Waals surface area contributed by atoms with Gasteiger partial charge in [0.1, 0.15) is 18.7 Å². The number of hydrogen-bond donors (Lipinski definition) is 0. The topological polar surface area (TPSA) is 66.4 Å². The average Bonchev–Trinajstić information content (AvgIpc) is 2.83. The van der Waals surface area contributed by atoms with Crippen molar-refractivity contribution in [2.75, 3.05) is 7.11 Å². The molecule has 0 N–H and O–H groups in total. The molecule has 2 aromatic heterocycles. The molecule has 31 heavy (non-hydrogen) atoms. The maximum Gasteiger partial charge on any atom is 0.230 e. The molecule has 0 atom stereocenters. The molecule has 5 aromatic rings. The summed E-state index contributed by atoms with van der Waals surface area (Å²) in [5.41, 5.74) is 2.63. The molecule has 0 amide bonds. The van der Waals surface area contributed by atoms with Crippen molar-refractivity contribution < 1.29 is 14.2 Å². The zero-order valence-electron chi connectivity index (χ0n) is 16.9. The van der Waals surface area contributed by atoms with Crippen molar-refractivity contribution in [1.29, 1.82) is 0 Å². The van der Waals surface area contributed by atoms with Gasteiger partial charge < -0.3 is 14.2 Å². The number of aromatic nitrogens is 3. The van der Waals surface area contributed by atoms with Gasteiger partial charge in [0.2, 0.25) is 5.88 Å². The summed E-state index contributed by atoms with van der Waals surface area (Å²) in [6, 6.07) is 23.3. The van der Waals surface area contributed by atoms with Crippen molar-refractivity contribution in [3.05, 3.63) is 90.9 Å². The maximum absolute atomic E-state index is 6.08. The fourth-order valence-corrected chi connectivity index (χ4v) is 3.35. The molecule has 2 heterocycles. The van der Waals surface area contributed by atoms with Crippen LogP contribution in [0.4, 0.5) is 0 Å². The molecule has 0 unspecified atom stereocenters. The highest BCUT2D eigenvalue weighted by molar-refractivity contribution is 5.87. The van der Waals surface area contributed by atoms with Crippen molar-refractivity contribution in [2.45, 2.75) is 6.61 Å². The molecule has 0 fully saturated rings. The van der Waals surface area contributed by atoms with Crippen LogP contribution in [-0.2, 0) is 6.61 Å². The molecule has 0 aliphatic heterocycles. The third-order valence-corrected chi connectivity index (χ3v) is 4.91. The van der Waals surface area contributed by atoms with Crippen LogP contribution in [0.3, 0.4) is 0 Å². The predicted octanol–water partition coefficient (Wildman–Crippen LogP) is 5.56. The first kappa shape index (κ1) is 18.8. The summed E-state index contributed by atoms with van der Waals surface area (Å²) in [6.45, 7) is 0.432. The zero-order valence-corrected chi connectivity index (χ0v) is 16.9. The first-order valence-electron chi connectivity index (χ1n) is 9.82. The van der Waals surface area contributed by atoms with E-state index in [-0.39, 0.29) is 0 Å². The molecule has 0 aliphatic carbocycles. The second-order valence-electron chi connectivity index (χ2n) is 6.93. The lowest BCUT2D eigenvalue weighted by atomic mass is 10.2. The van der Waals surface area contributed by atoms with E-state index in [0.29, 0.717) is 35.3 Å². The summed E-state index contributed by atoms with van der Waals surface area (Å²) in [5.74, 6) is 2.28. The van der Waals surface area contributed by atoms with E-state index in [1.54, 1.807) is 13.3 Å². The van der Waals surface area contributed by atoms with Crippen molar-refractivity contribution >= 4 is 21.8 Å². The summed E-state index contributed by atoms with van der Waals surface area (Å²) in [7, 11) is 1.61. The van der Waals surface area contributed by atoms with Crippen LogP contribution in [0.25, 0.3) is 21.8 Å². The fraction of sp³-hybridized carbons (Fsp3) is 0.0800. The minimum atomic E-state index is 0.432. The number of pyridine rings is 1. The van der Waals surface area contributed by atoms with Crippen molar-refractivity contribution in [3.63, 3.8) is 0 Å². The predicted molar refractivity (Wildman–Crippen MR) is 119 cm³/mol. The quantitative estimate of drug-likeness (QED) is 0.366. The monoisotopic (exact) mass is 409 g/mol. The van der Waals surface area contributed by atoms with Gasteiger partial charge in [0.15, 0.2) is 11.5 Å². The Morgan fingerprint density at radius 2 is 1.68 bits per heavy atom. The van der Waals surface area contributed by atoms with Crippen LogP contribution in [0.15, 0.2) is 85.3 Å². The highest BCUT2D eigenvalue weighted by Crippen LogP contribution is 2.36. The molecule has 0 spiro atoms. The molecule has 6 nitrogen and oxygen atoms in total. The Hall–Kier alpha value is -4.19. The van der Waals surface area contributed by atoms with E-state index in [1.807, 2.05) is 72.8 Å². The van der Waals surface area contributed by atoms with Crippen LogP contribution in [0.5, 0.6) is 23.1 Å². The molecule has 152 valence electrons. The van der Waals surface area contributed by atoms with Gasteiger partial charge >= 0.3 is 0 Å². The van der Waals surface area contributed by atoms with Gasteiger partial charge in [-0.25, -0.2) is 9.97 Å². The summed E-state index contributed by atoms with van der Waals surface area (Å²) in [5, 5.41) is 1.77. The number of nitrogens with zero attached hydrogens (tertiary/aromatic N) is 3. The standard InChI is InChI=1S/C25H19N3O3/c1-29-23-13-20-22(14-24(23)30-15-17-6-3-2-4-7-17)27-16-28-25(20)31-19-10-9-18-8-5-11-26-21(18)12-19/h2-14,16H,15H2,1H3. The summed E-state index contributed by atoms with van der Waals surface area (Å²) in [6.07, 6.45) is 3.23. The number of hydrogen-bond acceptors (Lipinski definition) is 6. The second kappa shape index (κ2) is 8.28. The second-order valence-corrected chi connectivity index (χ2v) is 6.93. The Kier molecular flexibility index (Phi) is 5.02. The molecule has 0 aliphatic rings. The Balaban J connectivity index is 1.47. The number of fused-ring (bicyclic) bond motifs is 2. The third-order valence-electron chi connectivity index (χ3n) is 4.91. The van der Waals surface area contributed by atoms with Crippen LogP contribution in [-0.4, -0.2) is 22.1 Å². The first-order chi connectivity index (χ1) is 15.3. The van der Waals surface area contributed by atoms with Crippen LogP contribution >= 0.6 is 0 Å². The SMILES string of the molecule is COc1cc2c(Oc3ccc4cccnc4c3)ncnc2cc1OCc1ccccc1. The number of ether oxygens (including phenoxy) is 3. The molecule has 5 rings (SSSR count). The van der Waals surface area contributed by atoms with Gasteiger partial charge in [-0.1, -0.05) is 36.4 Å². The molecule has 0 bridgehead atoms. The molecule has 0 radical (unpaired) electrons.